The third kappa shape index (κ3) is 5.55. The second kappa shape index (κ2) is 8.55. The van der Waals surface area contributed by atoms with Crippen LogP contribution in [0.25, 0.3) is 0 Å². The van der Waals surface area contributed by atoms with E-state index in [-0.39, 0.29) is 17.8 Å². The van der Waals surface area contributed by atoms with Gasteiger partial charge in [-0.15, -0.1) is 0 Å². The van der Waals surface area contributed by atoms with E-state index in [4.69, 9.17) is 4.74 Å². The predicted molar refractivity (Wildman–Crippen MR) is 108 cm³/mol. The highest BCUT2D eigenvalue weighted by molar-refractivity contribution is 5.99. The van der Waals surface area contributed by atoms with Crippen LogP contribution in [0.4, 0.5) is 11.5 Å². The molecule has 1 amide bonds. The van der Waals surface area contributed by atoms with E-state index in [1.54, 1.807) is 11.9 Å². The van der Waals surface area contributed by atoms with Gasteiger partial charge < -0.3 is 15.0 Å². The third-order valence-electron chi connectivity index (χ3n) is 4.48. The standard InChI is InChI=1S/C21H31N3O3/c1-7-15-12-17-19(23-14(15)2)22-13-16(20(26)24(17)6)10-8-9-11-18(25)27-21(3,4)5/h8,10,12,16H,7,9,11,13H2,1-6H3,(H,22,23)/b10-8+/t16-/m0/s1. The fourth-order valence-corrected chi connectivity index (χ4v) is 3.04. The van der Waals surface area contributed by atoms with E-state index in [9.17, 15) is 9.59 Å². The summed E-state index contributed by atoms with van der Waals surface area (Å²) in [6.07, 6.45) is 5.48. The van der Waals surface area contributed by atoms with Gasteiger partial charge in [0, 0.05) is 25.7 Å². The lowest BCUT2D eigenvalue weighted by molar-refractivity contribution is -0.154. The summed E-state index contributed by atoms with van der Waals surface area (Å²) >= 11 is 0. The molecule has 1 N–H and O–H groups in total. The number of anilines is 2. The smallest absolute Gasteiger partial charge is 0.306 e. The lowest BCUT2D eigenvalue weighted by atomic mass is 10.1. The SMILES string of the molecule is CCc1cc2c(nc1C)NC[C@H](/C=C/CCC(=O)OC(C)(C)C)C(=O)N2C. The first-order chi connectivity index (χ1) is 12.6. The van der Waals surface area contributed by atoms with Crippen LogP contribution in [0.2, 0.25) is 0 Å². The van der Waals surface area contributed by atoms with Gasteiger partial charge in [-0.2, -0.15) is 0 Å². The summed E-state index contributed by atoms with van der Waals surface area (Å²) in [7, 11) is 1.78. The zero-order valence-electron chi connectivity index (χ0n) is 17.3. The highest BCUT2D eigenvalue weighted by Gasteiger charge is 2.27. The molecule has 1 aromatic rings. The van der Waals surface area contributed by atoms with Gasteiger partial charge in [-0.25, -0.2) is 4.98 Å². The van der Waals surface area contributed by atoms with Crippen LogP contribution < -0.4 is 10.2 Å². The molecule has 1 aliphatic heterocycles. The number of hydrogen-bond acceptors (Lipinski definition) is 5. The number of hydrogen-bond donors (Lipinski definition) is 1. The lowest BCUT2D eigenvalue weighted by Crippen LogP contribution is -2.32. The molecule has 2 heterocycles. The van der Waals surface area contributed by atoms with E-state index < -0.39 is 5.60 Å². The Bertz CT molecular complexity index is 735. The number of carbonyl (C=O) groups excluding carboxylic acids is 2. The first-order valence-electron chi connectivity index (χ1n) is 9.53. The minimum Gasteiger partial charge on any atom is -0.460 e. The Kier molecular flexibility index (Phi) is 6.63. The molecule has 0 aromatic carbocycles. The molecule has 0 fully saturated rings. The van der Waals surface area contributed by atoms with Gasteiger partial charge in [0.1, 0.15) is 11.4 Å². The molecule has 27 heavy (non-hydrogen) atoms. The third-order valence-corrected chi connectivity index (χ3v) is 4.48. The lowest BCUT2D eigenvalue weighted by Gasteiger charge is -2.20. The van der Waals surface area contributed by atoms with E-state index >= 15 is 0 Å². The molecule has 0 aliphatic carbocycles. The number of nitrogens with one attached hydrogen (secondary N) is 1. The van der Waals surface area contributed by atoms with Gasteiger partial charge in [-0.05, 0) is 52.2 Å². The van der Waals surface area contributed by atoms with Crippen LogP contribution in [0.1, 0.15) is 51.8 Å². The average molecular weight is 373 g/mol. The van der Waals surface area contributed by atoms with Crippen LogP contribution in [0.3, 0.4) is 0 Å². The Hall–Kier alpha value is -2.37. The van der Waals surface area contributed by atoms with Crippen molar-refractivity contribution in [2.24, 2.45) is 5.92 Å². The van der Waals surface area contributed by atoms with Gasteiger partial charge in [-0.1, -0.05) is 19.1 Å². The molecule has 148 valence electrons. The van der Waals surface area contributed by atoms with Gasteiger partial charge in [0.2, 0.25) is 5.91 Å². The van der Waals surface area contributed by atoms with Crippen molar-refractivity contribution in [3.8, 4) is 0 Å². The Morgan fingerprint density at radius 2 is 2.15 bits per heavy atom. The van der Waals surface area contributed by atoms with E-state index in [2.05, 4.69) is 17.2 Å². The monoisotopic (exact) mass is 373 g/mol. The quantitative estimate of drug-likeness (QED) is 0.630. The molecule has 0 saturated carbocycles. The van der Waals surface area contributed by atoms with Crippen molar-refractivity contribution in [3.63, 3.8) is 0 Å². The summed E-state index contributed by atoms with van der Waals surface area (Å²) in [4.78, 5) is 30.9. The molecule has 1 aromatic heterocycles. The van der Waals surface area contributed by atoms with Crippen LogP contribution in [0, 0.1) is 12.8 Å². The predicted octanol–water partition coefficient (Wildman–Crippen LogP) is 3.64. The van der Waals surface area contributed by atoms with Gasteiger partial charge in [0.25, 0.3) is 0 Å². The average Bonchev–Trinajstić information content (AvgIpc) is 2.68. The fourth-order valence-electron chi connectivity index (χ4n) is 3.04. The molecule has 0 unspecified atom stereocenters. The van der Waals surface area contributed by atoms with Crippen molar-refractivity contribution >= 4 is 23.4 Å². The largest absolute Gasteiger partial charge is 0.460 e. The van der Waals surface area contributed by atoms with E-state index in [1.807, 2.05) is 45.9 Å². The molecule has 1 atom stereocenters. The number of pyridine rings is 1. The molecule has 6 nitrogen and oxygen atoms in total. The van der Waals surface area contributed by atoms with Crippen LogP contribution >= 0.6 is 0 Å². The van der Waals surface area contributed by atoms with E-state index in [0.717, 1.165) is 29.2 Å². The minimum atomic E-state index is -0.473. The summed E-state index contributed by atoms with van der Waals surface area (Å²) in [5, 5.41) is 3.29. The molecular weight excluding hydrogens is 342 g/mol. The number of aromatic nitrogens is 1. The molecule has 0 bridgehead atoms. The Labute approximate surface area is 162 Å². The second-order valence-corrected chi connectivity index (χ2v) is 7.89. The van der Waals surface area contributed by atoms with Crippen LogP contribution in [0.5, 0.6) is 0 Å². The Balaban J connectivity index is 2.02. The Morgan fingerprint density at radius 1 is 1.44 bits per heavy atom. The zero-order valence-corrected chi connectivity index (χ0v) is 17.3. The molecule has 6 heteroatoms. The zero-order chi connectivity index (χ0) is 20.2. The van der Waals surface area contributed by atoms with Gasteiger partial charge >= 0.3 is 5.97 Å². The van der Waals surface area contributed by atoms with Crippen molar-refractivity contribution in [3.05, 3.63) is 29.5 Å². The van der Waals surface area contributed by atoms with Gasteiger partial charge in [0.15, 0.2) is 0 Å². The summed E-state index contributed by atoms with van der Waals surface area (Å²) in [5.74, 6) is 0.231. The van der Waals surface area contributed by atoms with E-state index in [0.29, 0.717) is 19.4 Å². The number of allylic oxidation sites excluding steroid dienone is 1. The number of rotatable bonds is 5. The summed E-state index contributed by atoms with van der Waals surface area (Å²) in [6.45, 7) is 10.1. The van der Waals surface area contributed by atoms with Crippen LogP contribution in [-0.2, 0) is 20.7 Å². The Morgan fingerprint density at radius 3 is 2.78 bits per heavy atom. The maximum atomic E-state index is 12.8. The summed E-state index contributed by atoms with van der Waals surface area (Å²) < 4.78 is 5.29. The molecule has 2 rings (SSSR count). The number of esters is 1. The highest BCUT2D eigenvalue weighted by atomic mass is 16.6. The van der Waals surface area contributed by atoms with Crippen molar-refractivity contribution in [1.82, 2.24) is 4.98 Å². The molecule has 0 saturated heterocycles. The van der Waals surface area contributed by atoms with Crippen molar-refractivity contribution in [2.75, 3.05) is 23.8 Å². The number of carbonyl (C=O) groups is 2. The number of ether oxygens (including phenoxy) is 1. The topological polar surface area (TPSA) is 71.5 Å². The highest BCUT2D eigenvalue weighted by Crippen LogP contribution is 2.30. The number of fused-ring (bicyclic) bond motifs is 1. The van der Waals surface area contributed by atoms with Crippen molar-refractivity contribution in [2.45, 2.75) is 59.5 Å². The minimum absolute atomic E-state index is 0.0162. The molecular formula is C21H31N3O3. The summed E-state index contributed by atoms with van der Waals surface area (Å²) in [6, 6.07) is 2.04. The van der Waals surface area contributed by atoms with Gasteiger partial charge in [-0.3, -0.25) is 9.59 Å². The fraction of sp³-hybridized carbons (Fsp3) is 0.571. The van der Waals surface area contributed by atoms with Crippen LogP contribution in [0.15, 0.2) is 18.2 Å². The van der Waals surface area contributed by atoms with Gasteiger partial charge in [0.05, 0.1) is 11.6 Å². The van der Waals surface area contributed by atoms with Crippen molar-refractivity contribution in [1.29, 1.82) is 0 Å². The first kappa shape index (κ1) is 20.9. The number of amides is 1. The normalized spacial score (nSPS) is 17.5. The first-order valence-corrected chi connectivity index (χ1v) is 9.53. The van der Waals surface area contributed by atoms with Crippen LogP contribution in [-0.4, -0.2) is 36.1 Å². The molecule has 1 aliphatic rings. The maximum Gasteiger partial charge on any atom is 0.306 e. The molecule has 0 radical (unpaired) electrons. The number of nitrogens with zero attached hydrogens (tertiary/aromatic N) is 2. The summed E-state index contributed by atoms with van der Waals surface area (Å²) in [5.41, 5.74) is 2.46. The van der Waals surface area contributed by atoms with E-state index in [1.165, 1.54) is 0 Å². The second-order valence-electron chi connectivity index (χ2n) is 7.89. The number of aryl methyl sites for hydroxylation is 2. The maximum absolute atomic E-state index is 12.8. The van der Waals surface area contributed by atoms with Crippen molar-refractivity contribution < 1.29 is 14.3 Å². The molecule has 0 spiro atoms.